The first kappa shape index (κ1) is 14.2. The summed E-state index contributed by atoms with van der Waals surface area (Å²) in [4.78, 5) is 12.2. The van der Waals surface area contributed by atoms with Crippen LogP contribution in [-0.2, 0) is 6.18 Å². The number of halogens is 3. The Hall–Kier alpha value is -1.37. The molecule has 7 heteroatoms. The van der Waals surface area contributed by atoms with Gasteiger partial charge in [-0.3, -0.25) is 4.90 Å². The van der Waals surface area contributed by atoms with Crippen molar-refractivity contribution in [1.29, 1.82) is 0 Å². The van der Waals surface area contributed by atoms with Crippen molar-refractivity contribution in [3.8, 4) is 0 Å². The third-order valence-corrected chi connectivity index (χ3v) is 5.24. The molecule has 1 aliphatic carbocycles. The van der Waals surface area contributed by atoms with E-state index in [1.54, 1.807) is 0 Å². The van der Waals surface area contributed by atoms with Gasteiger partial charge in [0.15, 0.2) is 0 Å². The maximum Gasteiger partial charge on any atom is 0.433 e. The van der Waals surface area contributed by atoms with Crippen molar-refractivity contribution in [2.75, 3.05) is 31.1 Å². The van der Waals surface area contributed by atoms with Crippen LogP contribution < -0.4 is 4.90 Å². The van der Waals surface area contributed by atoms with Gasteiger partial charge < -0.3 is 4.90 Å². The van der Waals surface area contributed by atoms with Crippen LogP contribution in [0.15, 0.2) is 12.3 Å². The van der Waals surface area contributed by atoms with E-state index in [0.29, 0.717) is 0 Å². The Kier molecular flexibility index (Phi) is 3.11. The first-order valence-electron chi connectivity index (χ1n) is 7.87. The molecule has 0 radical (unpaired) electrons. The van der Waals surface area contributed by atoms with Crippen LogP contribution in [0.2, 0.25) is 0 Å². The van der Waals surface area contributed by atoms with Gasteiger partial charge in [0.1, 0.15) is 5.69 Å². The van der Waals surface area contributed by atoms with Gasteiger partial charge in [0, 0.05) is 37.9 Å². The molecule has 3 heterocycles. The summed E-state index contributed by atoms with van der Waals surface area (Å²) >= 11 is 0. The molecule has 3 fully saturated rings. The minimum Gasteiger partial charge on any atom is -0.339 e. The molecule has 0 unspecified atom stereocenters. The molecule has 0 aromatic carbocycles. The highest BCUT2D eigenvalue weighted by Gasteiger charge is 2.50. The minimum atomic E-state index is -4.41. The van der Waals surface area contributed by atoms with Gasteiger partial charge in [0.2, 0.25) is 5.95 Å². The van der Waals surface area contributed by atoms with Crippen molar-refractivity contribution < 1.29 is 13.2 Å². The number of nitrogens with zero attached hydrogens (tertiary/aromatic N) is 4. The predicted octanol–water partition coefficient (Wildman–Crippen LogP) is 2.56. The summed E-state index contributed by atoms with van der Waals surface area (Å²) in [5.74, 6) is 1.06. The number of rotatable bonds is 3. The molecule has 1 spiro atoms. The van der Waals surface area contributed by atoms with Crippen LogP contribution in [0.4, 0.5) is 19.1 Å². The fourth-order valence-electron chi connectivity index (χ4n) is 3.63. The average molecular weight is 312 g/mol. The third kappa shape index (κ3) is 2.45. The molecule has 0 bridgehead atoms. The Bertz CT molecular complexity index is 572. The first-order valence-corrected chi connectivity index (χ1v) is 7.87. The quantitative estimate of drug-likeness (QED) is 0.859. The number of likely N-dealkylation sites (tertiary alicyclic amines) is 1. The monoisotopic (exact) mass is 312 g/mol. The summed E-state index contributed by atoms with van der Waals surface area (Å²) in [5.41, 5.74) is -0.706. The van der Waals surface area contributed by atoms with Crippen LogP contribution in [0, 0.1) is 5.92 Å². The summed E-state index contributed by atoms with van der Waals surface area (Å²) in [5, 5.41) is 0. The smallest absolute Gasteiger partial charge is 0.339 e. The molecule has 4 rings (SSSR count). The average Bonchev–Trinajstić information content (AvgIpc) is 3.18. The van der Waals surface area contributed by atoms with E-state index in [0.717, 1.165) is 51.0 Å². The van der Waals surface area contributed by atoms with Crippen LogP contribution in [0.1, 0.15) is 31.4 Å². The van der Waals surface area contributed by atoms with Gasteiger partial charge in [-0.05, 0) is 37.7 Å². The number of anilines is 1. The fraction of sp³-hybridized carbons (Fsp3) is 0.733. The van der Waals surface area contributed by atoms with Crippen molar-refractivity contribution in [2.24, 2.45) is 5.92 Å². The molecular weight excluding hydrogens is 293 g/mol. The zero-order valence-corrected chi connectivity index (χ0v) is 12.3. The van der Waals surface area contributed by atoms with E-state index < -0.39 is 11.9 Å². The summed E-state index contributed by atoms with van der Waals surface area (Å²) in [6.07, 6.45) is 1.58. The van der Waals surface area contributed by atoms with Crippen molar-refractivity contribution in [3.63, 3.8) is 0 Å². The van der Waals surface area contributed by atoms with Gasteiger partial charge in [0.25, 0.3) is 0 Å². The zero-order valence-electron chi connectivity index (χ0n) is 12.3. The topological polar surface area (TPSA) is 32.3 Å². The zero-order chi connectivity index (χ0) is 15.4. The normalized spacial score (nSPS) is 29.1. The van der Waals surface area contributed by atoms with Crippen molar-refractivity contribution in [1.82, 2.24) is 14.9 Å². The van der Waals surface area contributed by atoms with E-state index in [2.05, 4.69) is 14.9 Å². The van der Waals surface area contributed by atoms with Gasteiger partial charge in [-0.1, -0.05) is 0 Å². The number of hydrogen-bond acceptors (Lipinski definition) is 4. The number of aromatic nitrogens is 2. The Morgan fingerprint density at radius 3 is 2.64 bits per heavy atom. The van der Waals surface area contributed by atoms with Crippen LogP contribution in [0.5, 0.6) is 0 Å². The van der Waals surface area contributed by atoms with Gasteiger partial charge in [-0.25, -0.2) is 9.97 Å². The molecule has 2 aliphatic heterocycles. The van der Waals surface area contributed by atoms with Crippen molar-refractivity contribution >= 4 is 5.95 Å². The minimum absolute atomic E-state index is 0.153. The lowest BCUT2D eigenvalue weighted by molar-refractivity contribution is -0.141. The predicted molar refractivity (Wildman–Crippen MR) is 75.5 cm³/mol. The lowest BCUT2D eigenvalue weighted by Gasteiger charge is -2.51. The molecule has 120 valence electrons. The number of alkyl halides is 3. The standard InChI is InChI=1S/C15H19F3N4/c16-15(17,18)12-3-6-19-13(20-12)21-7-4-14(10-21)5-8-22(14)9-11-1-2-11/h3,6,11H,1-2,4-5,7-10H2/t14-/m1/s1. The van der Waals surface area contributed by atoms with Crippen LogP contribution in [0.3, 0.4) is 0 Å². The highest BCUT2D eigenvalue weighted by atomic mass is 19.4. The second-order valence-electron chi connectivity index (χ2n) is 6.77. The van der Waals surface area contributed by atoms with Crippen LogP contribution in [0.25, 0.3) is 0 Å². The second-order valence-corrected chi connectivity index (χ2v) is 6.77. The lowest BCUT2D eigenvalue weighted by atomic mass is 9.83. The molecule has 22 heavy (non-hydrogen) atoms. The lowest BCUT2D eigenvalue weighted by Crippen LogP contribution is -2.61. The van der Waals surface area contributed by atoms with E-state index >= 15 is 0 Å². The summed E-state index contributed by atoms with van der Waals surface area (Å²) in [6.45, 7) is 3.76. The van der Waals surface area contributed by atoms with Crippen molar-refractivity contribution in [3.05, 3.63) is 18.0 Å². The Balaban J connectivity index is 1.48. The maximum absolute atomic E-state index is 12.8. The molecule has 1 aromatic heterocycles. The molecule has 0 N–H and O–H groups in total. The molecule has 1 aromatic rings. The van der Waals surface area contributed by atoms with Gasteiger partial charge in [0.05, 0.1) is 0 Å². The Morgan fingerprint density at radius 2 is 2.00 bits per heavy atom. The fourth-order valence-corrected chi connectivity index (χ4v) is 3.63. The second kappa shape index (κ2) is 4.81. The van der Waals surface area contributed by atoms with E-state index in [-0.39, 0.29) is 11.5 Å². The van der Waals surface area contributed by atoms with Crippen LogP contribution in [-0.4, -0.2) is 46.6 Å². The molecular formula is C15H19F3N4. The third-order valence-electron chi connectivity index (χ3n) is 5.24. The molecule has 4 nitrogen and oxygen atoms in total. The van der Waals surface area contributed by atoms with Gasteiger partial charge >= 0.3 is 6.18 Å². The van der Waals surface area contributed by atoms with E-state index in [9.17, 15) is 13.2 Å². The Labute approximate surface area is 127 Å². The van der Waals surface area contributed by atoms with E-state index in [4.69, 9.17) is 0 Å². The molecule has 1 atom stereocenters. The van der Waals surface area contributed by atoms with Crippen LogP contribution >= 0.6 is 0 Å². The van der Waals surface area contributed by atoms with E-state index in [1.165, 1.54) is 19.0 Å². The SMILES string of the molecule is FC(F)(F)c1ccnc(N2CC[C@@]3(CCN3CC3CC3)C2)n1. The van der Waals surface area contributed by atoms with E-state index in [1.807, 2.05) is 4.90 Å². The molecule has 1 saturated carbocycles. The molecule has 2 saturated heterocycles. The summed E-state index contributed by atoms with van der Waals surface area (Å²) in [7, 11) is 0. The van der Waals surface area contributed by atoms with Gasteiger partial charge in [-0.2, -0.15) is 13.2 Å². The van der Waals surface area contributed by atoms with Gasteiger partial charge in [-0.15, -0.1) is 0 Å². The summed E-state index contributed by atoms with van der Waals surface area (Å²) < 4.78 is 38.3. The van der Waals surface area contributed by atoms with Crippen molar-refractivity contribution in [2.45, 2.75) is 37.4 Å². The molecule has 3 aliphatic rings. The summed E-state index contributed by atoms with van der Waals surface area (Å²) in [6, 6.07) is 0.929. The molecule has 0 amide bonds. The Morgan fingerprint density at radius 1 is 1.23 bits per heavy atom. The highest BCUT2D eigenvalue weighted by molar-refractivity contribution is 5.36. The highest BCUT2D eigenvalue weighted by Crippen LogP contribution is 2.43. The number of hydrogen-bond donors (Lipinski definition) is 0. The first-order chi connectivity index (χ1) is 10.5. The largest absolute Gasteiger partial charge is 0.433 e. The maximum atomic E-state index is 12.8.